The molecule has 6 nitrogen and oxygen atoms in total. The molecule has 2 heterocycles. The molecule has 0 atom stereocenters. The first-order chi connectivity index (χ1) is 9.66. The van der Waals surface area contributed by atoms with Gasteiger partial charge >= 0.3 is 0 Å². The van der Waals surface area contributed by atoms with Crippen molar-refractivity contribution in [3.8, 4) is 0 Å². The molecule has 0 aromatic carbocycles. The fourth-order valence-corrected chi connectivity index (χ4v) is 3.00. The summed E-state index contributed by atoms with van der Waals surface area (Å²) in [5.74, 6) is 0.0324. The molecule has 3 rings (SSSR count). The van der Waals surface area contributed by atoms with E-state index in [1.54, 1.807) is 22.8 Å². The molecule has 1 fully saturated rings. The first-order valence-electron chi connectivity index (χ1n) is 7.29. The Balaban J connectivity index is 1.76. The molecule has 0 bridgehead atoms. The number of fused-ring (bicyclic) bond motifs is 1. The van der Waals surface area contributed by atoms with Crippen molar-refractivity contribution in [3.05, 3.63) is 11.9 Å². The molecule has 2 aliphatic rings. The third kappa shape index (κ3) is 2.30. The normalized spacial score (nSPS) is 19.9. The number of carbonyl (C=O) groups is 2. The molecule has 0 unspecified atom stereocenters. The minimum atomic E-state index is -0.0762. The van der Waals surface area contributed by atoms with Gasteiger partial charge in [0.05, 0.1) is 18.4 Å². The number of aromatic nitrogens is 2. The van der Waals surface area contributed by atoms with Crippen LogP contribution >= 0.6 is 0 Å². The molecule has 1 N–H and O–H groups in total. The zero-order valence-electron chi connectivity index (χ0n) is 11.8. The van der Waals surface area contributed by atoms with Crippen LogP contribution in [0.2, 0.25) is 0 Å². The van der Waals surface area contributed by atoms with E-state index in [0.717, 1.165) is 25.7 Å². The zero-order valence-corrected chi connectivity index (χ0v) is 11.8. The quantitative estimate of drug-likeness (QED) is 0.890. The van der Waals surface area contributed by atoms with Crippen LogP contribution in [0.3, 0.4) is 0 Å². The van der Waals surface area contributed by atoms with Gasteiger partial charge in [-0.15, -0.1) is 0 Å². The number of carbonyl (C=O) groups excluding carboxylic acids is 2. The second-order valence-electron chi connectivity index (χ2n) is 5.68. The number of hydrogen-bond donors (Lipinski definition) is 1. The minimum absolute atomic E-state index is 0.0292. The molecule has 0 spiro atoms. The van der Waals surface area contributed by atoms with Gasteiger partial charge in [0.25, 0.3) is 5.91 Å². The van der Waals surface area contributed by atoms with Crippen LogP contribution in [0.4, 0.5) is 5.69 Å². The van der Waals surface area contributed by atoms with Crippen LogP contribution in [-0.4, -0.2) is 40.1 Å². The maximum absolute atomic E-state index is 12.3. The highest BCUT2D eigenvalue weighted by Gasteiger charge is 2.28. The number of anilines is 1. The van der Waals surface area contributed by atoms with Gasteiger partial charge in [0.2, 0.25) is 5.91 Å². The number of likely N-dealkylation sites (N-methyl/N-ethyl adjacent to an activating group) is 1. The molecule has 0 radical (unpaired) electrons. The van der Waals surface area contributed by atoms with Crippen molar-refractivity contribution in [1.82, 2.24) is 14.7 Å². The highest BCUT2D eigenvalue weighted by Crippen LogP contribution is 2.26. The maximum Gasteiger partial charge on any atom is 0.274 e. The summed E-state index contributed by atoms with van der Waals surface area (Å²) in [6, 6.07) is 0. The first-order valence-corrected chi connectivity index (χ1v) is 7.29. The van der Waals surface area contributed by atoms with Crippen LogP contribution in [-0.2, 0) is 11.3 Å². The standard InChI is InChI=1S/C14H20N4O2/c1-17-7-8-18-12(14(17)20)11(9-15-18)16-13(19)10-5-3-2-4-6-10/h9-10H,2-8H2,1H3,(H,16,19). The average molecular weight is 276 g/mol. The second kappa shape index (κ2) is 5.26. The maximum atomic E-state index is 12.3. The molecule has 0 saturated heterocycles. The SMILES string of the molecule is CN1CCn2ncc(NC(=O)C3CCCCC3)c2C1=O. The van der Waals surface area contributed by atoms with E-state index in [1.165, 1.54) is 6.42 Å². The van der Waals surface area contributed by atoms with Crippen molar-refractivity contribution in [3.63, 3.8) is 0 Å². The van der Waals surface area contributed by atoms with Gasteiger partial charge in [0, 0.05) is 19.5 Å². The summed E-state index contributed by atoms with van der Waals surface area (Å²) in [5, 5.41) is 7.10. The Morgan fingerprint density at radius 2 is 2.05 bits per heavy atom. The molecule has 108 valence electrons. The predicted molar refractivity (Wildman–Crippen MR) is 74.4 cm³/mol. The van der Waals surface area contributed by atoms with Crippen LogP contribution < -0.4 is 5.32 Å². The lowest BCUT2D eigenvalue weighted by molar-refractivity contribution is -0.120. The van der Waals surface area contributed by atoms with Crippen molar-refractivity contribution in [2.75, 3.05) is 18.9 Å². The summed E-state index contributed by atoms with van der Waals surface area (Å²) < 4.78 is 1.68. The smallest absolute Gasteiger partial charge is 0.274 e. The highest BCUT2D eigenvalue weighted by molar-refractivity contribution is 6.03. The van der Waals surface area contributed by atoms with Gasteiger partial charge in [0.15, 0.2) is 0 Å². The van der Waals surface area contributed by atoms with E-state index in [4.69, 9.17) is 0 Å². The molecular weight excluding hydrogens is 256 g/mol. The first kappa shape index (κ1) is 13.1. The largest absolute Gasteiger partial charge is 0.338 e. The molecule has 1 aromatic heterocycles. The van der Waals surface area contributed by atoms with Gasteiger partial charge in [-0.05, 0) is 12.8 Å². The van der Waals surface area contributed by atoms with E-state index < -0.39 is 0 Å². The Morgan fingerprint density at radius 3 is 2.80 bits per heavy atom. The molecule has 1 aromatic rings. The Bertz CT molecular complexity index is 531. The Kier molecular flexibility index (Phi) is 3.46. The number of amides is 2. The number of rotatable bonds is 2. The van der Waals surface area contributed by atoms with Crippen molar-refractivity contribution >= 4 is 17.5 Å². The lowest BCUT2D eigenvalue weighted by Crippen LogP contribution is -2.38. The zero-order chi connectivity index (χ0) is 14.1. The van der Waals surface area contributed by atoms with Crippen molar-refractivity contribution in [1.29, 1.82) is 0 Å². The summed E-state index contributed by atoms with van der Waals surface area (Å²) >= 11 is 0. The van der Waals surface area contributed by atoms with Gasteiger partial charge < -0.3 is 10.2 Å². The van der Waals surface area contributed by atoms with E-state index >= 15 is 0 Å². The Morgan fingerprint density at radius 1 is 1.30 bits per heavy atom. The Labute approximate surface area is 118 Å². The van der Waals surface area contributed by atoms with Crippen molar-refractivity contribution < 1.29 is 9.59 Å². The van der Waals surface area contributed by atoms with Crippen LogP contribution in [0.15, 0.2) is 6.20 Å². The minimum Gasteiger partial charge on any atom is -0.338 e. The fraction of sp³-hybridized carbons (Fsp3) is 0.643. The lowest BCUT2D eigenvalue weighted by atomic mass is 9.88. The van der Waals surface area contributed by atoms with Gasteiger partial charge in [-0.1, -0.05) is 19.3 Å². The molecule has 1 aliphatic carbocycles. The summed E-state index contributed by atoms with van der Waals surface area (Å²) in [6.07, 6.45) is 6.94. The second-order valence-corrected chi connectivity index (χ2v) is 5.68. The number of nitrogens with zero attached hydrogens (tertiary/aromatic N) is 3. The van der Waals surface area contributed by atoms with E-state index in [9.17, 15) is 9.59 Å². The summed E-state index contributed by atoms with van der Waals surface area (Å²) in [4.78, 5) is 26.1. The molecular formula is C14H20N4O2. The van der Waals surface area contributed by atoms with Crippen molar-refractivity contribution in [2.24, 2.45) is 5.92 Å². The van der Waals surface area contributed by atoms with Gasteiger partial charge in [0.1, 0.15) is 5.69 Å². The fourth-order valence-electron chi connectivity index (χ4n) is 3.00. The average Bonchev–Trinajstić information content (AvgIpc) is 2.87. The van der Waals surface area contributed by atoms with Crippen LogP contribution in [0, 0.1) is 5.92 Å². The third-order valence-corrected chi connectivity index (χ3v) is 4.27. The van der Waals surface area contributed by atoms with E-state index in [-0.39, 0.29) is 17.7 Å². The summed E-state index contributed by atoms with van der Waals surface area (Å²) in [7, 11) is 1.77. The molecule has 2 amide bonds. The van der Waals surface area contributed by atoms with Gasteiger partial charge in [-0.25, -0.2) is 0 Å². The van der Waals surface area contributed by atoms with Gasteiger partial charge in [-0.2, -0.15) is 5.10 Å². The number of nitrogens with one attached hydrogen (secondary N) is 1. The topological polar surface area (TPSA) is 67.2 Å². The third-order valence-electron chi connectivity index (χ3n) is 4.27. The van der Waals surface area contributed by atoms with Crippen LogP contribution in [0.5, 0.6) is 0 Å². The highest BCUT2D eigenvalue weighted by atomic mass is 16.2. The van der Waals surface area contributed by atoms with E-state index in [1.807, 2.05) is 0 Å². The molecule has 20 heavy (non-hydrogen) atoms. The molecule has 1 aliphatic heterocycles. The van der Waals surface area contributed by atoms with Gasteiger partial charge in [-0.3, -0.25) is 14.3 Å². The summed E-state index contributed by atoms with van der Waals surface area (Å²) in [5.41, 5.74) is 1.06. The predicted octanol–water partition coefficient (Wildman–Crippen LogP) is 1.49. The van der Waals surface area contributed by atoms with E-state index in [0.29, 0.717) is 24.5 Å². The van der Waals surface area contributed by atoms with Crippen LogP contribution in [0.1, 0.15) is 42.6 Å². The number of hydrogen-bond acceptors (Lipinski definition) is 3. The molecule has 6 heteroatoms. The Hall–Kier alpha value is -1.85. The summed E-state index contributed by atoms with van der Waals surface area (Å²) in [6.45, 7) is 1.33. The van der Waals surface area contributed by atoms with Crippen molar-refractivity contribution in [2.45, 2.75) is 38.6 Å². The van der Waals surface area contributed by atoms with E-state index in [2.05, 4.69) is 10.4 Å². The molecule has 1 saturated carbocycles. The monoisotopic (exact) mass is 276 g/mol. The lowest BCUT2D eigenvalue weighted by Gasteiger charge is -2.25. The van der Waals surface area contributed by atoms with Crippen LogP contribution in [0.25, 0.3) is 0 Å².